The molecule has 0 fully saturated rings. The van der Waals surface area contributed by atoms with Crippen LogP contribution in [-0.4, -0.2) is 29.0 Å². The molecule has 18 heavy (non-hydrogen) atoms. The van der Waals surface area contributed by atoms with Gasteiger partial charge < -0.3 is 4.90 Å². The van der Waals surface area contributed by atoms with Crippen LogP contribution >= 0.6 is 23.4 Å². The van der Waals surface area contributed by atoms with Crippen LogP contribution in [0.2, 0.25) is 0 Å². The van der Waals surface area contributed by atoms with Crippen molar-refractivity contribution in [3.63, 3.8) is 0 Å². The van der Waals surface area contributed by atoms with Gasteiger partial charge in [0.05, 0.1) is 10.6 Å². The van der Waals surface area contributed by atoms with Gasteiger partial charge in [-0.25, -0.2) is 0 Å². The zero-order valence-corrected chi connectivity index (χ0v) is 11.0. The molecule has 0 atom stereocenters. The Morgan fingerprint density at radius 1 is 1.56 bits per heavy atom. The van der Waals surface area contributed by atoms with E-state index in [2.05, 4.69) is 0 Å². The number of alkyl halides is 1. The lowest BCUT2D eigenvalue weighted by atomic mass is 10.2. The number of anilines is 1. The fraction of sp³-hybridized carbons (Fsp3) is 0.364. The molecule has 0 N–H and O–H groups in total. The fourth-order valence-electron chi connectivity index (χ4n) is 1.81. The van der Waals surface area contributed by atoms with Gasteiger partial charge in [0.15, 0.2) is 0 Å². The molecular formula is C11H11ClN2O3S. The van der Waals surface area contributed by atoms with Crippen LogP contribution in [0.3, 0.4) is 0 Å². The number of nitro groups is 1. The lowest BCUT2D eigenvalue weighted by Gasteiger charge is -2.21. The van der Waals surface area contributed by atoms with E-state index in [1.807, 2.05) is 0 Å². The second kappa shape index (κ2) is 5.58. The normalized spacial score (nSPS) is 14.8. The van der Waals surface area contributed by atoms with Crippen molar-refractivity contribution in [3.8, 4) is 0 Å². The maximum absolute atomic E-state index is 11.8. The molecule has 1 aromatic rings. The summed E-state index contributed by atoms with van der Waals surface area (Å²) in [5.41, 5.74) is 0.584. The van der Waals surface area contributed by atoms with Crippen molar-refractivity contribution < 1.29 is 9.72 Å². The minimum atomic E-state index is -0.459. The molecule has 0 saturated heterocycles. The largest absolute Gasteiger partial charge is 0.310 e. The van der Waals surface area contributed by atoms with Crippen molar-refractivity contribution >= 4 is 40.6 Å². The highest BCUT2D eigenvalue weighted by Crippen LogP contribution is 2.36. The summed E-state index contributed by atoms with van der Waals surface area (Å²) in [7, 11) is 0. The van der Waals surface area contributed by atoms with E-state index in [1.54, 1.807) is 17.8 Å². The molecule has 1 aromatic carbocycles. The third kappa shape index (κ3) is 2.59. The van der Waals surface area contributed by atoms with Crippen LogP contribution in [0, 0.1) is 10.1 Å². The standard InChI is InChI=1S/C11H11ClN2O3S/c12-7-11(15)13-4-1-5-18-10-3-2-8(14(16)17)6-9(10)13/h2-3,6H,1,4-5,7H2. The van der Waals surface area contributed by atoms with Crippen molar-refractivity contribution in [2.75, 3.05) is 23.1 Å². The van der Waals surface area contributed by atoms with E-state index in [0.717, 1.165) is 17.1 Å². The molecule has 96 valence electrons. The minimum Gasteiger partial charge on any atom is -0.310 e. The first-order chi connectivity index (χ1) is 8.63. The van der Waals surface area contributed by atoms with E-state index < -0.39 is 4.92 Å². The molecule has 0 spiro atoms. The van der Waals surface area contributed by atoms with Crippen LogP contribution in [0.4, 0.5) is 11.4 Å². The molecule has 0 bridgehead atoms. The van der Waals surface area contributed by atoms with Crippen molar-refractivity contribution in [2.24, 2.45) is 0 Å². The lowest BCUT2D eigenvalue weighted by Crippen LogP contribution is -2.32. The fourth-order valence-corrected chi connectivity index (χ4v) is 2.93. The Morgan fingerprint density at radius 3 is 3.00 bits per heavy atom. The van der Waals surface area contributed by atoms with E-state index in [9.17, 15) is 14.9 Å². The van der Waals surface area contributed by atoms with Gasteiger partial charge in [-0.1, -0.05) is 0 Å². The van der Waals surface area contributed by atoms with Crippen LogP contribution in [0.25, 0.3) is 0 Å². The first-order valence-electron chi connectivity index (χ1n) is 5.41. The molecule has 1 amide bonds. The van der Waals surface area contributed by atoms with Gasteiger partial charge in [-0.3, -0.25) is 14.9 Å². The molecule has 7 heteroatoms. The van der Waals surface area contributed by atoms with Crippen LogP contribution < -0.4 is 4.90 Å². The van der Waals surface area contributed by atoms with Gasteiger partial charge in [-0.15, -0.1) is 23.4 Å². The van der Waals surface area contributed by atoms with Crippen LogP contribution in [0.15, 0.2) is 23.1 Å². The SMILES string of the molecule is O=C(CCl)N1CCCSc2ccc([N+](=O)[O-])cc21. The molecular weight excluding hydrogens is 276 g/mol. The first kappa shape index (κ1) is 13.2. The Hall–Kier alpha value is -1.27. The van der Waals surface area contributed by atoms with E-state index in [1.165, 1.54) is 17.0 Å². The van der Waals surface area contributed by atoms with Gasteiger partial charge in [0.25, 0.3) is 5.69 Å². The highest BCUT2D eigenvalue weighted by Gasteiger charge is 2.23. The number of amides is 1. The predicted octanol–water partition coefficient (Wildman–Crippen LogP) is 2.66. The average molecular weight is 287 g/mol. The number of benzene rings is 1. The summed E-state index contributed by atoms with van der Waals surface area (Å²) < 4.78 is 0. The molecule has 0 radical (unpaired) electrons. The topological polar surface area (TPSA) is 63.5 Å². The molecule has 0 unspecified atom stereocenters. The zero-order chi connectivity index (χ0) is 13.1. The van der Waals surface area contributed by atoms with Crippen molar-refractivity contribution in [3.05, 3.63) is 28.3 Å². The number of thioether (sulfide) groups is 1. The van der Waals surface area contributed by atoms with Gasteiger partial charge in [0, 0.05) is 23.6 Å². The summed E-state index contributed by atoms with van der Waals surface area (Å²) in [6, 6.07) is 4.59. The third-order valence-corrected chi connectivity index (χ3v) is 4.02. The molecule has 5 nitrogen and oxygen atoms in total. The maximum atomic E-state index is 11.8. The number of non-ortho nitro benzene ring substituents is 1. The molecule has 1 aliphatic heterocycles. The minimum absolute atomic E-state index is 0.0105. The quantitative estimate of drug-likeness (QED) is 0.476. The number of rotatable bonds is 2. The summed E-state index contributed by atoms with van der Waals surface area (Å²) in [6.45, 7) is 0.548. The zero-order valence-electron chi connectivity index (χ0n) is 9.47. The molecule has 1 aliphatic rings. The third-order valence-electron chi connectivity index (χ3n) is 2.64. The van der Waals surface area contributed by atoms with Crippen molar-refractivity contribution in [1.29, 1.82) is 0 Å². The van der Waals surface area contributed by atoms with Gasteiger partial charge in [0.1, 0.15) is 5.88 Å². The van der Waals surface area contributed by atoms with Gasteiger partial charge in [-0.05, 0) is 18.2 Å². The summed E-state index contributed by atoms with van der Waals surface area (Å²) in [5.74, 6) is 0.546. The Balaban J connectivity index is 2.47. The number of halogens is 1. The number of fused-ring (bicyclic) bond motifs is 1. The number of hydrogen-bond acceptors (Lipinski definition) is 4. The van der Waals surface area contributed by atoms with E-state index in [0.29, 0.717) is 12.2 Å². The molecule has 0 aliphatic carbocycles. The summed E-state index contributed by atoms with van der Waals surface area (Å²) in [6.07, 6.45) is 0.843. The van der Waals surface area contributed by atoms with Crippen LogP contribution in [0.5, 0.6) is 0 Å². The van der Waals surface area contributed by atoms with E-state index in [4.69, 9.17) is 11.6 Å². The molecule has 2 rings (SSSR count). The Labute approximate surface area is 113 Å². The van der Waals surface area contributed by atoms with Crippen molar-refractivity contribution in [1.82, 2.24) is 0 Å². The summed E-state index contributed by atoms with van der Waals surface area (Å²) in [4.78, 5) is 24.5. The highest BCUT2D eigenvalue weighted by molar-refractivity contribution is 7.99. The number of carbonyl (C=O) groups excluding carboxylic acids is 1. The Bertz CT molecular complexity index is 495. The number of nitro benzene ring substituents is 1. The average Bonchev–Trinajstić information content (AvgIpc) is 2.59. The number of carbonyl (C=O) groups is 1. The van der Waals surface area contributed by atoms with Gasteiger partial charge >= 0.3 is 0 Å². The van der Waals surface area contributed by atoms with Crippen LogP contribution in [-0.2, 0) is 4.79 Å². The first-order valence-corrected chi connectivity index (χ1v) is 6.93. The monoisotopic (exact) mass is 286 g/mol. The molecule has 1 heterocycles. The second-order valence-electron chi connectivity index (χ2n) is 3.79. The lowest BCUT2D eigenvalue weighted by molar-refractivity contribution is -0.384. The summed E-state index contributed by atoms with van der Waals surface area (Å²) >= 11 is 7.18. The van der Waals surface area contributed by atoms with Gasteiger partial charge in [0.2, 0.25) is 5.91 Å². The smallest absolute Gasteiger partial charge is 0.271 e. The van der Waals surface area contributed by atoms with Gasteiger partial charge in [-0.2, -0.15) is 0 Å². The predicted molar refractivity (Wildman–Crippen MR) is 71.5 cm³/mol. The Kier molecular flexibility index (Phi) is 4.08. The molecule has 0 aromatic heterocycles. The second-order valence-corrected chi connectivity index (χ2v) is 5.19. The maximum Gasteiger partial charge on any atom is 0.271 e. The molecule has 0 saturated carbocycles. The van der Waals surface area contributed by atoms with Crippen molar-refractivity contribution in [2.45, 2.75) is 11.3 Å². The summed E-state index contributed by atoms with van der Waals surface area (Å²) in [5, 5.41) is 10.8. The van der Waals surface area contributed by atoms with E-state index in [-0.39, 0.29) is 17.5 Å². The number of hydrogen-bond donors (Lipinski definition) is 0. The van der Waals surface area contributed by atoms with E-state index >= 15 is 0 Å². The Morgan fingerprint density at radius 2 is 2.33 bits per heavy atom. The number of nitrogens with zero attached hydrogens (tertiary/aromatic N) is 2. The van der Waals surface area contributed by atoms with Crippen LogP contribution in [0.1, 0.15) is 6.42 Å². The highest BCUT2D eigenvalue weighted by atomic mass is 35.5.